The lowest BCUT2D eigenvalue weighted by molar-refractivity contribution is 0.115. The fourth-order valence-corrected chi connectivity index (χ4v) is 1.19. The molecule has 1 fully saturated rings. The highest BCUT2D eigenvalue weighted by Crippen LogP contribution is 2.29. The van der Waals surface area contributed by atoms with Gasteiger partial charge >= 0.3 is 0 Å². The van der Waals surface area contributed by atoms with Crippen LogP contribution in [-0.4, -0.2) is 11.1 Å². The van der Waals surface area contributed by atoms with Crippen molar-refractivity contribution < 1.29 is 4.74 Å². The van der Waals surface area contributed by atoms with Gasteiger partial charge < -0.3 is 4.74 Å². The summed E-state index contributed by atoms with van der Waals surface area (Å²) >= 11 is 0. The summed E-state index contributed by atoms with van der Waals surface area (Å²) < 4.78 is 5.47. The van der Waals surface area contributed by atoms with E-state index in [0.29, 0.717) is 5.88 Å². The molecule has 4 heteroatoms. The Bertz CT molecular complexity index is 310. The van der Waals surface area contributed by atoms with Crippen LogP contribution in [0, 0.1) is 4.91 Å². The van der Waals surface area contributed by atoms with Crippen molar-refractivity contribution in [1.29, 1.82) is 0 Å². The molecule has 0 aliphatic heterocycles. The zero-order valence-electron chi connectivity index (χ0n) is 7.14. The first-order chi connectivity index (χ1) is 6.40. The van der Waals surface area contributed by atoms with E-state index < -0.39 is 0 Å². The van der Waals surface area contributed by atoms with Crippen molar-refractivity contribution in [2.45, 2.75) is 25.4 Å². The maximum Gasteiger partial charge on any atom is 0.243 e. The molecule has 13 heavy (non-hydrogen) atoms. The molecule has 0 spiro atoms. The summed E-state index contributed by atoms with van der Waals surface area (Å²) in [6.07, 6.45) is 5.13. The third-order valence-corrected chi connectivity index (χ3v) is 2.18. The van der Waals surface area contributed by atoms with E-state index >= 15 is 0 Å². The minimum Gasteiger partial charge on any atom is -0.473 e. The highest BCUT2D eigenvalue weighted by atomic mass is 16.5. The summed E-state index contributed by atoms with van der Waals surface area (Å²) in [4.78, 5) is 14.3. The summed E-state index contributed by atoms with van der Waals surface area (Å²) in [5, 5.41) is 2.84. The topological polar surface area (TPSA) is 51.5 Å². The molecule has 0 atom stereocenters. The quantitative estimate of drug-likeness (QED) is 0.668. The molecule has 1 aromatic rings. The van der Waals surface area contributed by atoms with E-state index in [-0.39, 0.29) is 11.8 Å². The van der Waals surface area contributed by atoms with E-state index in [1.807, 2.05) is 0 Å². The van der Waals surface area contributed by atoms with Crippen molar-refractivity contribution in [3.63, 3.8) is 0 Å². The molecule has 1 heterocycles. The molecule has 0 radical (unpaired) electrons. The molecule has 4 nitrogen and oxygen atoms in total. The van der Waals surface area contributed by atoms with Gasteiger partial charge in [-0.3, -0.25) is 0 Å². The minimum atomic E-state index is 0.232. The van der Waals surface area contributed by atoms with E-state index in [2.05, 4.69) is 10.2 Å². The number of ether oxygens (including phenoxy) is 1. The molecular formula is C9H10N2O2. The first-order valence-corrected chi connectivity index (χ1v) is 4.35. The van der Waals surface area contributed by atoms with Crippen LogP contribution in [0.2, 0.25) is 0 Å². The highest BCUT2D eigenvalue weighted by Gasteiger charge is 2.20. The molecule has 68 valence electrons. The molecule has 1 aliphatic rings. The maximum absolute atomic E-state index is 10.3. The Morgan fingerprint density at radius 3 is 3.00 bits per heavy atom. The average molecular weight is 178 g/mol. The largest absolute Gasteiger partial charge is 0.473 e. The molecule has 1 aromatic heterocycles. The van der Waals surface area contributed by atoms with Gasteiger partial charge in [-0.25, -0.2) is 4.98 Å². The normalized spacial score (nSPS) is 16.3. The Morgan fingerprint density at radius 1 is 1.54 bits per heavy atom. The lowest BCUT2D eigenvalue weighted by Gasteiger charge is -2.25. The number of pyridine rings is 1. The van der Waals surface area contributed by atoms with Crippen LogP contribution >= 0.6 is 0 Å². The zero-order valence-corrected chi connectivity index (χ0v) is 7.14. The van der Waals surface area contributed by atoms with Gasteiger partial charge in [0.1, 0.15) is 6.10 Å². The van der Waals surface area contributed by atoms with Gasteiger partial charge in [0.15, 0.2) is 5.69 Å². The van der Waals surface area contributed by atoms with Gasteiger partial charge in [-0.05, 0) is 36.6 Å². The fraction of sp³-hybridized carbons (Fsp3) is 0.444. The smallest absolute Gasteiger partial charge is 0.243 e. The van der Waals surface area contributed by atoms with E-state index in [9.17, 15) is 4.91 Å². The summed E-state index contributed by atoms with van der Waals surface area (Å²) in [6, 6.07) is 3.28. The van der Waals surface area contributed by atoms with Gasteiger partial charge in [0.25, 0.3) is 0 Å². The van der Waals surface area contributed by atoms with E-state index in [1.54, 1.807) is 18.3 Å². The van der Waals surface area contributed by atoms with Gasteiger partial charge in [0.05, 0.1) is 0 Å². The van der Waals surface area contributed by atoms with Crippen LogP contribution < -0.4 is 4.74 Å². The van der Waals surface area contributed by atoms with Crippen LogP contribution in [0.4, 0.5) is 5.69 Å². The van der Waals surface area contributed by atoms with Crippen molar-refractivity contribution in [3.8, 4) is 5.88 Å². The number of nitrogens with zero attached hydrogens (tertiary/aromatic N) is 2. The molecule has 0 saturated heterocycles. The van der Waals surface area contributed by atoms with Crippen LogP contribution in [0.3, 0.4) is 0 Å². The van der Waals surface area contributed by atoms with E-state index in [1.165, 1.54) is 6.42 Å². The minimum absolute atomic E-state index is 0.232. The SMILES string of the molecule is O=Nc1cccnc1OC1CCC1. The number of aromatic nitrogens is 1. The van der Waals surface area contributed by atoms with Crippen molar-refractivity contribution in [2.24, 2.45) is 5.18 Å². The van der Waals surface area contributed by atoms with Gasteiger partial charge in [-0.15, -0.1) is 4.91 Å². The number of rotatable bonds is 3. The Labute approximate surface area is 75.9 Å². The Hall–Kier alpha value is -1.45. The Kier molecular flexibility index (Phi) is 2.21. The first-order valence-electron chi connectivity index (χ1n) is 4.35. The lowest BCUT2D eigenvalue weighted by Crippen LogP contribution is -2.24. The highest BCUT2D eigenvalue weighted by molar-refractivity contribution is 5.46. The number of hydrogen-bond acceptors (Lipinski definition) is 4. The van der Waals surface area contributed by atoms with Gasteiger partial charge in [0, 0.05) is 6.20 Å². The molecule has 1 saturated carbocycles. The summed E-state index contributed by atoms with van der Waals surface area (Å²) in [5.41, 5.74) is 0.286. The van der Waals surface area contributed by atoms with Crippen molar-refractivity contribution >= 4 is 5.69 Å². The molecule has 0 N–H and O–H groups in total. The van der Waals surface area contributed by atoms with Crippen molar-refractivity contribution in [1.82, 2.24) is 4.98 Å². The molecule has 2 rings (SSSR count). The number of nitroso groups, excluding NO2 is 1. The first kappa shape index (κ1) is 8.16. The molecule has 0 amide bonds. The molecule has 0 bridgehead atoms. The molecule has 1 aliphatic carbocycles. The molecule has 0 unspecified atom stereocenters. The Balaban J connectivity index is 2.12. The van der Waals surface area contributed by atoms with Gasteiger partial charge in [-0.1, -0.05) is 0 Å². The fourth-order valence-electron chi connectivity index (χ4n) is 1.19. The zero-order chi connectivity index (χ0) is 9.10. The van der Waals surface area contributed by atoms with Crippen molar-refractivity contribution in [2.75, 3.05) is 0 Å². The molecular weight excluding hydrogens is 168 g/mol. The van der Waals surface area contributed by atoms with Crippen LogP contribution in [0.5, 0.6) is 5.88 Å². The monoisotopic (exact) mass is 178 g/mol. The van der Waals surface area contributed by atoms with Crippen LogP contribution in [-0.2, 0) is 0 Å². The summed E-state index contributed by atoms with van der Waals surface area (Å²) in [5.74, 6) is 0.363. The maximum atomic E-state index is 10.3. The van der Waals surface area contributed by atoms with Crippen LogP contribution in [0.1, 0.15) is 19.3 Å². The predicted molar refractivity (Wildman–Crippen MR) is 48.0 cm³/mol. The second-order valence-electron chi connectivity index (χ2n) is 3.09. The second-order valence-corrected chi connectivity index (χ2v) is 3.09. The van der Waals surface area contributed by atoms with Gasteiger partial charge in [-0.2, -0.15) is 0 Å². The van der Waals surface area contributed by atoms with Crippen LogP contribution in [0.25, 0.3) is 0 Å². The summed E-state index contributed by atoms with van der Waals surface area (Å²) in [7, 11) is 0. The standard InChI is InChI=1S/C9H10N2O2/c12-11-8-5-2-6-10-9(8)13-7-3-1-4-7/h2,5-7H,1,3-4H2. The van der Waals surface area contributed by atoms with E-state index in [0.717, 1.165) is 12.8 Å². The Morgan fingerprint density at radius 2 is 2.38 bits per heavy atom. The molecule has 0 aromatic carbocycles. The van der Waals surface area contributed by atoms with Crippen LogP contribution in [0.15, 0.2) is 23.5 Å². The second kappa shape index (κ2) is 3.51. The third kappa shape index (κ3) is 1.66. The predicted octanol–water partition coefficient (Wildman–Crippen LogP) is 2.41. The van der Waals surface area contributed by atoms with Gasteiger partial charge in [0.2, 0.25) is 5.88 Å². The lowest BCUT2D eigenvalue weighted by atomic mass is 9.96. The average Bonchev–Trinajstić information content (AvgIpc) is 2.12. The van der Waals surface area contributed by atoms with E-state index in [4.69, 9.17) is 4.74 Å². The summed E-state index contributed by atoms with van der Waals surface area (Å²) in [6.45, 7) is 0. The number of hydrogen-bond donors (Lipinski definition) is 0. The third-order valence-electron chi connectivity index (χ3n) is 2.18. The van der Waals surface area contributed by atoms with Crippen molar-refractivity contribution in [3.05, 3.63) is 23.2 Å².